The van der Waals surface area contributed by atoms with E-state index >= 15 is 0 Å². The van der Waals surface area contributed by atoms with Crippen LogP contribution in [0.3, 0.4) is 0 Å². The molecule has 0 saturated heterocycles. The van der Waals surface area contributed by atoms with Gasteiger partial charge in [-0.2, -0.15) is 0 Å². The van der Waals surface area contributed by atoms with E-state index in [0.717, 1.165) is 40.9 Å². The molecule has 5 nitrogen and oxygen atoms in total. The van der Waals surface area contributed by atoms with Crippen LogP contribution in [0, 0.1) is 13.8 Å². The first-order valence-electron chi connectivity index (χ1n) is 11.5. The Bertz CT molecular complexity index is 1340. The molecule has 0 atom stereocenters. The molecule has 0 bridgehead atoms. The van der Waals surface area contributed by atoms with Crippen LogP contribution >= 0.6 is 0 Å². The molecule has 1 heterocycles. The maximum atomic E-state index is 5.75. The molecule has 34 heavy (non-hydrogen) atoms. The lowest BCUT2D eigenvalue weighted by molar-refractivity contribution is 0.403. The van der Waals surface area contributed by atoms with E-state index in [1.807, 2.05) is 22.9 Å². The van der Waals surface area contributed by atoms with Crippen LogP contribution in [-0.2, 0) is 11.2 Å². The van der Waals surface area contributed by atoms with Crippen molar-refractivity contribution < 1.29 is 4.74 Å². The van der Waals surface area contributed by atoms with Crippen LogP contribution in [0.25, 0.3) is 17.0 Å². The van der Waals surface area contributed by atoms with Crippen LogP contribution in [0.2, 0.25) is 0 Å². The molecule has 1 aromatic heterocycles. The number of benzene rings is 2. The molecule has 0 spiro atoms. The van der Waals surface area contributed by atoms with Crippen molar-refractivity contribution in [3.8, 4) is 5.69 Å². The summed E-state index contributed by atoms with van der Waals surface area (Å²) in [6.45, 7) is 10.5. The molecule has 1 aliphatic carbocycles. The third-order valence-corrected chi connectivity index (χ3v) is 5.96. The van der Waals surface area contributed by atoms with Gasteiger partial charge in [0.2, 0.25) is 5.90 Å². The van der Waals surface area contributed by atoms with Crippen LogP contribution in [0.15, 0.2) is 84.4 Å². The molecule has 3 aromatic rings. The average molecular weight is 451 g/mol. The van der Waals surface area contributed by atoms with Crippen molar-refractivity contribution in [1.82, 2.24) is 15.0 Å². The molecule has 2 aromatic carbocycles. The van der Waals surface area contributed by atoms with Crippen molar-refractivity contribution in [1.29, 1.82) is 0 Å². The second kappa shape index (κ2) is 10.3. The molecule has 5 heteroatoms. The Kier molecular flexibility index (Phi) is 7.02. The summed E-state index contributed by atoms with van der Waals surface area (Å²) in [5.41, 5.74) is 8.54. The van der Waals surface area contributed by atoms with Gasteiger partial charge in [-0.15, -0.1) is 5.10 Å². The van der Waals surface area contributed by atoms with E-state index < -0.39 is 0 Å². The monoisotopic (exact) mass is 450 g/mol. The smallest absolute Gasteiger partial charge is 0.244 e. The number of hydrogen-bond acceptors (Lipinski definition) is 4. The first kappa shape index (κ1) is 23.2. The number of aryl methyl sites for hydroxylation is 3. The summed E-state index contributed by atoms with van der Waals surface area (Å²) in [5.74, 6) is 0.375. The molecule has 0 amide bonds. The zero-order chi connectivity index (χ0) is 24.1. The molecule has 0 saturated carbocycles. The van der Waals surface area contributed by atoms with E-state index in [1.165, 1.54) is 11.1 Å². The summed E-state index contributed by atoms with van der Waals surface area (Å²) in [4.78, 5) is 4.76. The number of allylic oxidation sites excluding steroid dienone is 6. The molecule has 0 radical (unpaired) electrons. The van der Waals surface area contributed by atoms with Gasteiger partial charge in [-0.05, 0) is 61.1 Å². The van der Waals surface area contributed by atoms with Gasteiger partial charge in [0.15, 0.2) is 5.69 Å². The van der Waals surface area contributed by atoms with E-state index in [4.69, 9.17) is 9.73 Å². The Morgan fingerprint density at radius 3 is 2.68 bits per heavy atom. The predicted octanol–water partition coefficient (Wildman–Crippen LogP) is 6.41. The zero-order valence-electron chi connectivity index (χ0n) is 20.2. The van der Waals surface area contributed by atoms with Gasteiger partial charge in [0.1, 0.15) is 5.69 Å². The van der Waals surface area contributed by atoms with E-state index in [9.17, 15) is 0 Å². The number of methoxy groups -OCH3 is 1. The fourth-order valence-electron chi connectivity index (χ4n) is 4.05. The molecule has 0 fully saturated rings. The SMILES string of the molecule is C=C(N=C(OC)c1nnn(-c2ccccc2C)c1C1=CC=CCC=C1)c1ccc(CC)c(C)c1. The van der Waals surface area contributed by atoms with E-state index in [2.05, 4.69) is 92.3 Å². The van der Waals surface area contributed by atoms with Crippen LogP contribution in [0.5, 0.6) is 0 Å². The molecule has 4 rings (SSSR count). The molecule has 0 aliphatic heterocycles. The standard InChI is InChI=1S/C29H30N4O/c1-6-23-17-18-25(19-21(23)3)22(4)30-29(34-5)27-28(24-14-9-7-8-10-15-24)33(32-31-27)26-16-12-11-13-20(26)2/h7,9-19H,4,6,8H2,1-3,5H3. The van der Waals surface area contributed by atoms with Crippen molar-refractivity contribution in [2.24, 2.45) is 4.99 Å². The van der Waals surface area contributed by atoms with E-state index in [0.29, 0.717) is 17.3 Å². The maximum Gasteiger partial charge on any atom is 0.244 e. The van der Waals surface area contributed by atoms with E-state index in [1.54, 1.807) is 7.11 Å². The maximum absolute atomic E-state index is 5.75. The van der Waals surface area contributed by atoms with Crippen molar-refractivity contribution in [3.05, 3.63) is 113 Å². The lowest BCUT2D eigenvalue weighted by atomic mass is 10.0. The number of nitrogens with zero attached hydrogens (tertiary/aromatic N) is 4. The highest BCUT2D eigenvalue weighted by atomic mass is 16.5. The Labute approximate surface area is 201 Å². The Morgan fingerprint density at radius 2 is 1.94 bits per heavy atom. The lowest BCUT2D eigenvalue weighted by Crippen LogP contribution is -2.10. The predicted molar refractivity (Wildman–Crippen MR) is 140 cm³/mol. The summed E-state index contributed by atoms with van der Waals surface area (Å²) in [5, 5.41) is 9.04. The minimum atomic E-state index is 0.375. The molecule has 172 valence electrons. The quantitative estimate of drug-likeness (QED) is 0.322. The first-order valence-corrected chi connectivity index (χ1v) is 11.5. The van der Waals surface area contributed by atoms with Crippen molar-refractivity contribution in [2.45, 2.75) is 33.6 Å². The molecular formula is C29H30N4O. The Morgan fingerprint density at radius 1 is 1.12 bits per heavy atom. The summed E-state index contributed by atoms with van der Waals surface area (Å²) in [6.07, 6.45) is 12.3. The minimum Gasteiger partial charge on any atom is -0.479 e. The largest absolute Gasteiger partial charge is 0.479 e. The van der Waals surface area contributed by atoms with Crippen molar-refractivity contribution >= 4 is 17.2 Å². The zero-order valence-corrected chi connectivity index (χ0v) is 20.2. The molecular weight excluding hydrogens is 420 g/mol. The third kappa shape index (κ3) is 4.69. The highest BCUT2D eigenvalue weighted by Crippen LogP contribution is 2.27. The fourth-order valence-corrected chi connectivity index (χ4v) is 4.05. The molecule has 1 aliphatic rings. The van der Waals surface area contributed by atoms with Gasteiger partial charge >= 0.3 is 0 Å². The van der Waals surface area contributed by atoms with Gasteiger partial charge in [0, 0.05) is 5.57 Å². The first-order chi connectivity index (χ1) is 16.5. The summed E-state index contributed by atoms with van der Waals surface area (Å²) < 4.78 is 7.61. The van der Waals surface area contributed by atoms with Gasteiger partial charge in [-0.25, -0.2) is 9.67 Å². The minimum absolute atomic E-state index is 0.375. The van der Waals surface area contributed by atoms with Crippen LogP contribution in [0.1, 0.15) is 47.0 Å². The normalized spacial score (nSPS) is 13.5. The van der Waals surface area contributed by atoms with E-state index in [-0.39, 0.29) is 0 Å². The number of hydrogen-bond donors (Lipinski definition) is 0. The molecule has 0 N–H and O–H groups in total. The number of para-hydroxylation sites is 1. The topological polar surface area (TPSA) is 52.3 Å². The summed E-state index contributed by atoms with van der Waals surface area (Å²) in [7, 11) is 1.60. The van der Waals surface area contributed by atoms with Gasteiger partial charge in [0.05, 0.1) is 18.5 Å². The highest BCUT2D eigenvalue weighted by Gasteiger charge is 2.23. The van der Waals surface area contributed by atoms with Crippen molar-refractivity contribution in [2.75, 3.05) is 7.11 Å². The van der Waals surface area contributed by atoms with Crippen molar-refractivity contribution in [3.63, 3.8) is 0 Å². The third-order valence-electron chi connectivity index (χ3n) is 5.96. The highest BCUT2D eigenvalue weighted by molar-refractivity contribution is 6.00. The summed E-state index contributed by atoms with van der Waals surface area (Å²) >= 11 is 0. The average Bonchev–Trinajstić information content (AvgIpc) is 3.09. The molecule has 0 unspecified atom stereocenters. The van der Waals surface area contributed by atoms with Gasteiger partial charge in [0.25, 0.3) is 0 Å². The number of ether oxygens (including phenoxy) is 1. The number of aliphatic imine (C=N–C) groups is 1. The second-order valence-electron chi connectivity index (χ2n) is 8.24. The fraction of sp³-hybridized carbons (Fsp3) is 0.207. The lowest BCUT2D eigenvalue weighted by Gasteiger charge is -2.12. The number of rotatable bonds is 6. The summed E-state index contributed by atoms with van der Waals surface area (Å²) in [6, 6.07) is 14.4. The van der Waals surface area contributed by atoms with Crippen LogP contribution < -0.4 is 0 Å². The van der Waals surface area contributed by atoms with Crippen LogP contribution in [-0.4, -0.2) is 28.0 Å². The van der Waals surface area contributed by atoms with Gasteiger partial charge in [-0.3, -0.25) is 0 Å². The van der Waals surface area contributed by atoms with Gasteiger partial charge in [-0.1, -0.05) is 79.4 Å². The second-order valence-corrected chi connectivity index (χ2v) is 8.24. The number of aromatic nitrogens is 3. The van der Waals surface area contributed by atoms with Gasteiger partial charge < -0.3 is 4.74 Å². The Hall–Kier alpha value is -3.99. The Balaban J connectivity index is 1.84. The van der Waals surface area contributed by atoms with Crippen LogP contribution in [0.4, 0.5) is 0 Å².